The van der Waals surface area contributed by atoms with Crippen molar-refractivity contribution in [2.45, 2.75) is 6.92 Å². The van der Waals surface area contributed by atoms with Gasteiger partial charge in [-0.1, -0.05) is 18.2 Å². The van der Waals surface area contributed by atoms with Crippen LogP contribution in [0.15, 0.2) is 24.3 Å². The van der Waals surface area contributed by atoms with Crippen LogP contribution in [-0.4, -0.2) is 0 Å². The molecule has 0 amide bonds. The van der Waals surface area contributed by atoms with Crippen molar-refractivity contribution in [3.8, 4) is 0 Å². The molecule has 0 spiro atoms. The van der Waals surface area contributed by atoms with Gasteiger partial charge in [0.1, 0.15) is 0 Å². The maximum Gasteiger partial charge on any atom is 0.0262 e. The van der Waals surface area contributed by atoms with Crippen molar-refractivity contribution in [1.82, 2.24) is 0 Å². The van der Waals surface area contributed by atoms with Gasteiger partial charge in [-0.2, -0.15) is 0 Å². The Hall–Kier alpha value is -1.02. The molecule has 0 unspecified atom stereocenters. The van der Waals surface area contributed by atoms with Crippen molar-refractivity contribution >= 4 is 5.69 Å². The lowest BCUT2D eigenvalue weighted by Gasteiger charge is -2.10. The number of rotatable bonds is 1. The SMILES string of the molecule is Cc1ccccc1N[O-]. The van der Waals surface area contributed by atoms with Crippen molar-refractivity contribution in [1.29, 1.82) is 0 Å². The molecule has 48 valence electrons. The Kier molecular flexibility index (Phi) is 1.70. The molecule has 0 aliphatic carbocycles. The number of aryl methyl sites for hydroxylation is 1. The van der Waals surface area contributed by atoms with Crippen molar-refractivity contribution in [2.24, 2.45) is 0 Å². The van der Waals surface area contributed by atoms with Crippen LogP contribution in [0.5, 0.6) is 0 Å². The second kappa shape index (κ2) is 2.51. The van der Waals surface area contributed by atoms with Crippen LogP contribution in [0.25, 0.3) is 0 Å². The summed E-state index contributed by atoms with van der Waals surface area (Å²) in [5.41, 5.74) is 3.47. The molecule has 0 heterocycles. The molecule has 0 aliphatic rings. The maximum absolute atomic E-state index is 10.1. The minimum atomic E-state index is 0.650. The molecule has 1 rings (SSSR count). The molecular formula is C7H8NO-. The van der Waals surface area contributed by atoms with Crippen LogP contribution in [0.3, 0.4) is 0 Å². The highest BCUT2D eigenvalue weighted by Crippen LogP contribution is 2.11. The van der Waals surface area contributed by atoms with Crippen LogP contribution in [0, 0.1) is 12.1 Å². The zero-order chi connectivity index (χ0) is 6.69. The third-order valence-corrected chi connectivity index (χ3v) is 1.26. The van der Waals surface area contributed by atoms with Gasteiger partial charge in [0.2, 0.25) is 0 Å². The molecule has 1 aromatic rings. The number of para-hydroxylation sites is 1. The topological polar surface area (TPSA) is 35.1 Å². The van der Waals surface area contributed by atoms with Crippen LogP contribution < -0.4 is 5.48 Å². The van der Waals surface area contributed by atoms with Crippen LogP contribution in [0.1, 0.15) is 5.56 Å². The van der Waals surface area contributed by atoms with E-state index in [0.717, 1.165) is 5.56 Å². The molecule has 0 saturated heterocycles. The Bertz CT molecular complexity index is 198. The van der Waals surface area contributed by atoms with Crippen LogP contribution in [0.2, 0.25) is 0 Å². The van der Waals surface area contributed by atoms with E-state index in [1.165, 1.54) is 0 Å². The van der Waals surface area contributed by atoms with Crippen LogP contribution in [-0.2, 0) is 0 Å². The molecule has 2 nitrogen and oxygen atoms in total. The van der Waals surface area contributed by atoms with E-state index in [4.69, 9.17) is 0 Å². The normalized spacial score (nSPS) is 9.11. The Morgan fingerprint density at radius 3 is 2.44 bits per heavy atom. The lowest BCUT2D eigenvalue weighted by atomic mass is 10.2. The molecule has 1 N–H and O–H groups in total. The van der Waals surface area contributed by atoms with E-state index in [1.807, 2.05) is 30.6 Å². The van der Waals surface area contributed by atoms with E-state index in [9.17, 15) is 5.21 Å². The van der Waals surface area contributed by atoms with E-state index >= 15 is 0 Å². The first-order chi connectivity index (χ1) is 4.34. The van der Waals surface area contributed by atoms with Crippen LogP contribution >= 0.6 is 0 Å². The zero-order valence-electron chi connectivity index (χ0n) is 5.22. The number of anilines is 1. The quantitative estimate of drug-likeness (QED) is 0.577. The monoisotopic (exact) mass is 122 g/mol. The molecular weight excluding hydrogens is 114 g/mol. The second-order valence-electron chi connectivity index (χ2n) is 1.92. The average molecular weight is 122 g/mol. The summed E-state index contributed by atoms with van der Waals surface area (Å²) >= 11 is 0. The minimum absolute atomic E-state index is 0.650. The molecule has 1 aromatic carbocycles. The second-order valence-corrected chi connectivity index (χ2v) is 1.92. The largest absolute Gasteiger partial charge is 0.761 e. The number of benzene rings is 1. The van der Waals surface area contributed by atoms with Gasteiger partial charge >= 0.3 is 0 Å². The van der Waals surface area contributed by atoms with Crippen molar-refractivity contribution in [3.63, 3.8) is 0 Å². The lowest BCUT2D eigenvalue weighted by Crippen LogP contribution is -1.86. The third-order valence-electron chi connectivity index (χ3n) is 1.26. The summed E-state index contributed by atoms with van der Waals surface area (Å²) in [7, 11) is 0. The van der Waals surface area contributed by atoms with Crippen molar-refractivity contribution < 1.29 is 0 Å². The fourth-order valence-electron chi connectivity index (χ4n) is 0.687. The molecule has 0 radical (unpaired) electrons. The van der Waals surface area contributed by atoms with E-state index in [1.54, 1.807) is 6.07 Å². The summed E-state index contributed by atoms with van der Waals surface area (Å²) in [6.07, 6.45) is 0. The zero-order valence-corrected chi connectivity index (χ0v) is 5.22. The minimum Gasteiger partial charge on any atom is -0.761 e. The summed E-state index contributed by atoms with van der Waals surface area (Å²) in [6, 6.07) is 7.37. The van der Waals surface area contributed by atoms with Gasteiger partial charge in [0.25, 0.3) is 0 Å². The van der Waals surface area contributed by atoms with Gasteiger partial charge < -0.3 is 10.7 Å². The summed E-state index contributed by atoms with van der Waals surface area (Å²) in [5, 5.41) is 10.1. The molecule has 2 heteroatoms. The Labute approximate surface area is 54.1 Å². The van der Waals surface area contributed by atoms with Gasteiger partial charge in [0.05, 0.1) is 0 Å². The van der Waals surface area contributed by atoms with Gasteiger partial charge in [-0.15, -0.1) is 0 Å². The maximum atomic E-state index is 10.1. The highest BCUT2D eigenvalue weighted by molar-refractivity contribution is 5.50. The Morgan fingerprint density at radius 2 is 2.00 bits per heavy atom. The third kappa shape index (κ3) is 1.21. The van der Waals surface area contributed by atoms with Gasteiger partial charge in [-0.05, 0) is 18.6 Å². The summed E-state index contributed by atoms with van der Waals surface area (Å²) in [6.45, 7) is 1.89. The molecule has 0 aliphatic heterocycles. The first-order valence-corrected chi connectivity index (χ1v) is 2.78. The highest BCUT2D eigenvalue weighted by atomic mass is 16.5. The van der Waals surface area contributed by atoms with Crippen molar-refractivity contribution in [3.05, 3.63) is 35.0 Å². The summed E-state index contributed by atoms with van der Waals surface area (Å²) < 4.78 is 0. The Morgan fingerprint density at radius 1 is 1.33 bits per heavy atom. The first kappa shape index (κ1) is 6.11. The average Bonchev–Trinajstić information content (AvgIpc) is 1.89. The molecule has 0 atom stereocenters. The molecule has 0 aromatic heterocycles. The highest BCUT2D eigenvalue weighted by Gasteiger charge is 1.86. The van der Waals surface area contributed by atoms with Gasteiger partial charge in [-0.25, -0.2) is 0 Å². The van der Waals surface area contributed by atoms with E-state index < -0.39 is 0 Å². The standard InChI is InChI=1S/C7H8NO/c1-6-4-2-3-5-7(6)8-9/h2-5,8H,1H3/q-1. The number of hydrogen-bond donors (Lipinski definition) is 1. The number of nitrogens with one attached hydrogen (secondary N) is 1. The summed E-state index contributed by atoms with van der Waals surface area (Å²) in [4.78, 5) is 0. The smallest absolute Gasteiger partial charge is 0.0262 e. The van der Waals surface area contributed by atoms with E-state index in [2.05, 4.69) is 0 Å². The summed E-state index contributed by atoms with van der Waals surface area (Å²) in [5.74, 6) is 0. The van der Waals surface area contributed by atoms with Crippen molar-refractivity contribution in [2.75, 3.05) is 5.48 Å². The fourth-order valence-corrected chi connectivity index (χ4v) is 0.687. The molecule has 9 heavy (non-hydrogen) atoms. The number of hydrogen-bond acceptors (Lipinski definition) is 2. The lowest BCUT2D eigenvalue weighted by molar-refractivity contribution is 1.44. The van der Waals surface area contributed by atoms with E-state index in [0.29, 0.717) is 5.69 Å². The fraction of sp³-hybridized carbons (Fsp3) is 0.143. The predicted molar refractivity (Wildman–Crippen MR) is 38.2 cm³/mol. The first-order valence-electron chi connectivity index (χ1n) is 2.78. The predicted octanol–water partition coefficient (Wildman–Crippen LogP) is 1.90. The van der Waals surface area contributed by atoms with Gasteiger partial charge in [0, 0.05) is 5.69 Å². The van der Waals surface area contributed by atoms with Gasteiger partial charge in [0.15, 0.2) is 0 Å². The molecule has 0 bridgehead atoms. The molecule has 0 saturated carbocycles. The van der Waals surface area contributed by atoms with Gasteiger partial charge in [-0.3, -0.25) is 0 Å². The van der Waals surface area contributed by atoms with Crippen LogP contribution in [0.4, 0.5) is 5.69 Å². The Balaban J connectivity index is 3.01. The molecule has 0 fully saturated rings. The van der Waals surface area contributed by atoms with E-state index in [-0.39, 0.29) is 0 Å².